The molecular formula is C15H14N2O. The minimum atomic E-state index is 0.404. The lowest BCUT2D eigenvalue weighted by molar-refractivity contribution is 0.415. The standard InChI is InChI=1S/C15H14N2O/c1-11-12(9-10-16)5-8-15(17-11)13-3-6-14(18-2)7-4-13/h3-8H,9H2,1-2H3. The molecule has 3 nitrogen and oxygen atoms in total. The van der Waals surface area contributed by atoms with Gasteiger partial charge in [0.25, 0.3) is 0 Å². The average Bonchev–Trinajstić information content (AvgIpc) is 2.41. The van der Waals surface area contributed by atoms with Crippen molar-refractivity contribution in [2.75, 3.05) is 7.11 Å². The molecule has 0 amide bonds. The van der Waals surface area contributed by atoms with Gasteiger partial charge in [-0.25, -0.2) is 0 Å². The number of nitrogens with zero attached hydrogens (tertiary/aromatic N) is 2. The molecule has 0 bridgehead atoms. The minimum Gasteiger partial charge on any atom is -0.497 e. The minimum absolute atomic E-state index is 0.404. The number of hydrogen-bond donors (Lipinski definition) is 0. The molecule has 3 heteroatoms. The molecular weight excluding hydrogens is 224 g/mol. The molecule has 0 unspecified atom stereocenters. The molecule has 1 heterocycles. The van der Waals surface area contributed by atoms with Crippen molar-refractivity contribution in [1.82, 2.24) is 4.98 Å². The first-order valence-electron chi connectivity index (χ1n) is 5.72. The summed E-state index contributed by atoms with van der Waals surface area (Å²) in [5.74, 6) is 0.830. The number of hydrogen-bond acceptors (Lipinski definition) is 3. The zero-order valence-electron chi connectivity index (χ0n) is 10.5. The summed E-state index contributed by atoms with van der Waals surface area (Å²) in [5, 5.41) is 8.70. The van der Waals surface area contributed by atoms with Gasteiger partial charge >= 0.3 is 0 Å². The molecule has 1 aromatic heterocycles. The van der Waals surface area contributed by atoms with Crippen molar-refractivity contribution in [3.63, 3.8) is 0 Å². The van der Waals surface area contributed by atoms with Crippen molar-refractivity contribution in [2.24, 2.45) is 0 Å². The number of aryl methyl sites for hydroxylation is 1. The smallest absolute Gasteiger partial charge is 0.118 e. The van der Waals surface area contributed by atoms with Crippen molar-refractivity contribution in [1.29, 1.82) is 5.26 Å². The van der Waals surface area contributed by atoms with Gasteiger partial charge in [0.2, 0.25) is 0 Å². The fraction of sp³-hybridized carbons (Fsp3) is 0.200. The Morgan fingerprint density at radius 1 is 1.17 bits per heavy atom. The summed E-state index contributed by atoms with van der Waals surface area (Å²) in [6, 6.07) is 13.8. The van der Waals surface area contributed by atoms with Crippen LogP contribution in [-0.4, -0.2) is 12.1 Å². The average molecular weight is 238 g/mol. The van der Waals surface area contributed by atoms with Crippen LogP contribution in [0.3, 0.4) is 0 Å². The third-order valence-electron chi connectivity index (χ3n) is 2.85. The summed E-state index contributed by atoms with van der Waals surface area (Å²) in [6.45, 7) is 1.93. The van der Waals surface area contributed by atoms with E-state index in [1.807, 2.05) is 43.3 Å². The number of aromatic nitrogens is 1. The number of methoxy groups -OCH3 is 1. The van der Waals surface area contributed by atoms with E-state index >= 15 is 0 Å². The van der Waals surface area contributed by atoms with E-state index in [-0.39, 0.29) is 0 Å². The first-order valence-corrected chi connectivity index (χ1v) is 5.72. The highest BCUT2D eigenvalue weighted by Gasteiger charge is 2.04. The third-order valence-corrected chi connectivity index (χ3v) is 2.85. The quantitative estimate of drug-likeness (QED) is 0.825. The molecule has 2 rings (SSSR count). The van der Waals surface area contributed by atoms with Crippen LogP contribution in [0.1, 0.15) is 11.3 Å². The zero-order chi connectivity index (χ0) is 13.0. The third kappa shape index (κ3) is 2.49. The van der Waals surface area contributed by atoms with Crippen LogP contribution < -0.4 is 4.74 Å². The molecule has 0 aliphatic heterocycles. The van der Waals surface area contributed by atoms with Gasteiger partial charge in [-0.2, -0.15) is 5.26 Å². The topological polar surface area (TPSA) is 45.9 Å². The largest absolute Gasteiger partial charge is 0.497 e. The maximum Gasteiger partial charge on any atom is 0.118 e. The van der Waals surface area contributed by atoms with E-state index in [1.54, 1.807) is 7.11 Å². The molecule has 0 N–H and O–H groups in total. The molecule has 0 atom stereocenters. The van der Waals surface area contributed by atoms with E-state index in [2.05, 4.69) is 11.1 Å². The van der Waals surface area contributed by atoms with Crippen LogP contribution in [-0.2, 0) is 6.42 Å². The highest BCUT2D eigenvalue weighted by atomic mass is 16.5. The van der Waals surface area contributed by atoms with Gasteiger partial charge in [-0.1, -0.05) is 6.07 Å². The van der Waals surface area contributed by atoms with Gasteiger partial charge < -0.3 is 4.74 Å². The Morgan fingerprint density at radius 3 is 2.44 bits per heavy atom. The Balaban J connectivity index is 2.33. The van der Waals surface area contributed by atoms with Gasteiger partial charge in [-0.05, 0) is 42.8 Å². The molecule has 0 spiro atoms. The zero-order valence-corrected chi connectivity index (χ0v) is 10.5. The molecule has 0 saturated carbocycles. The normalized spacial score (nSPS) is 9.83. The van der Waals surface area contributed by atoms with Crippen LogP contribution in [0.5, 0.6) is 5.75 Å². The van der Waals surface area contributed by atoms with E-state index in [0.29, 0.717) is 6.42 Å². The highest BCUT2D eigenvalue weighted by Crippen LogP contribution is 2.22. The molecule has 1 aromatic carbocycles. The van der Waals surface area contributed by atoms with E-state index < -0.39 is 0 Å². The number of ether oxygens (including phenoxy) is 1. The van der Waals surface area contributed by atoms with Gasteiger partial charge in [-0.3, -0.25) is 4.98 Å². The number of benzene rings is 1. The van der Waals surface area contributed by atoms with Crippen LogP contribution >= 0.6 is 0 Å². The van der Waals surface area contributed by atoms with Crippen LogP contribution in [0.25, 0.3) is 11.3 Å². The summed E-state index contributed by atoms with van der Waals surface area (Å²) in [7, 11) is 1.65. The fourth-order valence-electron chi connectivity index (χ4n) is 1.78. The van der Waals surface area contributed by atoms with Crippen LogP contribution in [0, 0.1) is 18.3 Å². The second-order valence-corrected chi connectivity index (χ2v) is 4.00. The van der Waals surface area contributed by atoms with Crippen LogP contribution in [0.2, 0.25) is 0 Å². The van der Waals surface area contributed by atoms with E-state index in [1.165, 1.54) is 0 Å². The van der Waals surface area contributed by atoms with Gasteiger partial charge in [0.05, 0.1) is 25.3 Å². The Kier molecular flexibility index (Phi) is 3.59. The second kappa shape index (κ2) is 5.33. The van der Waals surface area contributed by atoms with Crippen molar-refractivity contribution >= 4 is 0 Å². The monoisotopic (exact) mass is 238 g/mol. The first-order chi connectivity index (χ1) is 8.74. The molecule has 2 aromatic rings. The molecule has 0 aliphatic carbocycles. The van der Waals surface area contributed by atoms with E-state index in [0.717, 1.165) is 28.3 Å². The molecule has 0 saturated heterocycles. The van der Waals surface area contributed by atoms with Crippen molar-refractivity contribution in [3.05, 3.63) is 47.7 Å². The van der Waals surface area contributed by atoms with Gasteiger partial charge in [0.15, 0.2) is 0 Å². The Morgan fingerprint density at radius 2 is 1.89 bits per heavy atom. The summed E-state index contributed by atoms with van der Waals surface area (Å²) >= 11 is 0. The Labute approximate surface area is 107 Å². The molecule has 0 fully saturated rings. The van der Waals surface area contributed by atoms with Crippen molar-refractivity contribution in [3.8, 4) is 23.1 Å². The van der Waals surface area contributed by atoms with Crippen molar-refractivity contribution < 1.29 is 4.74 Å². The number of pyridine rings is 1. The Bertz CT molecular complexity index is 582. The highest BCUT2D eigenvalue weighted by molar-refractivity contribution is 5.60. The van der Waals surface area contributed by atoms with Crippen LogP contribution in [0.4, 0.5) is 0 Å². The number of rotatable bonds is 3. The lowest BCUT2D eigenvalue weighted by Crippen LogP contribution is -1.94. The molecule has 0 aliphatic rings. The van der Waals surface area contributed by atoms with Gasteiger partial charge in [-0.15, -0.1) is 0 Å². The maximum absolute atomic E-state index is 8.70. The van der Waals surface area contributed by atoms with E-state index in [4.69, 9.17) is 10.00 Å². The van der Waals surface area contributed by atoms with E-state index in [9.17, 15) is 0 Å². The summed E-state index contributed by atoms with van der Waals surface area (Å²) in [4.78, 5) is 4.53. The second-order valence-electron chi connectivity index (χ2n) is 4.00. The summed E-state index contributed by atoms with van der Waals surface area (Å²) in [5.41, 5.74) is 3.85. The fourth-order valence-corrected chi connectivity index (χ4v) is 1.78. The number of nitriles is 1. The van der Waals surface area contributed by atoms with Crippen LogP contribution in [0.15, 0.2) is 36.4 Å². The predicted octanol–water partition coefficient (Wildman–Crippen LogP) is 3.13. The first kappa shape index (κ1) is 12.1. The van der Waals surface area contributed by atoms with Gasteiger partial charge in [0, 0.05) is 11.3 Å². The summed E-state index contributed by atoms with van der Waals surface area (Å²) in [6.07, 6.45) is 0.404. The van der Waals surface area contributed by atoms with Crippen molar-refractivity contribution in [2.45, 2.75) is 13.3 Å². The Hall–Kier alpha value is -2.34. The predicted molar refractivity (Wildman–Crippen MR) is 70.3 cm³/mol. The lowest BCUT2D eigenvalue weighted by atomic mass is 10.1. The molecule has 0 radical (unpaired) electrons. The lowest BCUT2D eigenvalue weighted by Gasteiger charge is -2.06. The molecule has 90 valence electrons. The SMILES string of the molecule is COc1ccc(-c2ccc(CC#N)c(C)n2)cc1. The molecule has 18 heavy (non-hydrogen) atoms. The summed E-state index contributed by atoms with van der Waals surface area (Å²) < 4.78 is 5.12. The van der Waals surface area contributed by atoms with Gasteiger partial charge in [0.1, 0.15) is 5.75 Å². The maximum atomic E-state index is 8.70.